The summed E-state index contributed by atoms with van der Waals surface area (Å²) in [4.78, 5) is 11.0. The number of carboxylic acid groups (broad SMARTS) is 1. The first-order chi connectivity index (χ1) is 10.6. The third kappa shape index (κ3) is 3.84. The fourth-order valence-corrected chi connectivity index (χ4v) is 3.17. The summed E-state index contributed by atoms with van der Waals surface area (Å²) < 4.78 is 10.5. The van der Waals surface area contributed by atoms with Gasteiger partial charge in [-0.05, 0) is 37.3 Å². The quantitative estimate of drug-likeness (QED) is 0.840. The van der Waals surface area contributed by atoms with E-state index in [1.165, 1.54) is 0 Å². The number of rotatable bonds is 6. The van der Waals surface area contributed by atoms with Gasteiger partial charge in [0.15, 0.2) is 11.5 Å². The number of carboxylic acids is 1. The molecule has 6 heteroatoms. The van der Waals surface area contributed by atoms with Gasteiger partial charge in [-0.15, -0.1) is 0 Å². The average molecular weight is 328 g/mol. The maximum atomic E-state index is 11.0. The van der Waals surface area contributed by atoms with E-state index in [0.29, 0.717) is 29.1 Å². The minimum atomic E-state index is -0.679. The number of hydrogen-bond acceptors (Lipinski definition) is 4. The lowest BCUT2D eigenvalue weighted by Gasteiger charge is -2.27. The molecule has 0 aliphatic heterocycles. The predicted molar refractivity (Wildman–Crippen MR) is 84.8 cm³/mol. The van der Waals surface area contributed by atoms with Crippen LogP contribution in [0.5, 0.6) is 11.5 Å². The van der Waals surface area contributed by atoms with E-state index in [4.69, 9.17) is 26.2 Å². The molecule has 1 fully saturated rings. The third-order valence-corrected chi connectivity index (χ3v) is 4.64. The van der Waals surface area contributed by atoms with Crippen LogP contribution in [0, 0.1) is 5.92 Å². The number of ether oxygens (including phenoxy) is 2. The predicted octanol–water partition coefficient (Wildman–Crippen LogP) is 3.09. The summed E-state index contributed by atoms with van der Waals surface area (Å²) in [7, 11) is 3.14. The number of benzene rings is 1. The van der Waals surface area contributed by atoms with E-state index in [1.807, 2.05) is 12.1 Å². The van der Waals surface area contributed by atoms with E-state index in [2.05, 4.69) is 5.32 Å². The van der Waals surface area contributed by atoms with Gasteiger partial charge < -0.3 is 19.9 Å². The molecule has 122 valence electrons. The lowest BCUT2D eigenvalue weighted by atomic mass is 9.86. The molecule has 0 saturated heterocycles. The number of methoxy groups -OCH3 is 2. The van der Waals surface area contributed by atoms with Crippen LogP contribution in [0.4, 0.5) is 0 Å². The molecule has 2 rings (SSSR count). The third-order valence-electron chi connectivity index (χ3n) is 4.22. The zero-order valence-electron chi connectivity index (χ0n) is 12.9. The smallest absolute Gasteiger partial charge is 0.306 e. The lowest BCUT2D eigenvalue weighted by Crippen LogP contribution is -2.34. The van der Waals surface area contributed by atoms with E-state index >= 15 is 0 Å². The zero-order chi connectivity index (χ0) is 16.1. The van der Waals surface area contributed by atoms with Gasteiger partial charge in [0, 0.05) is 12.6 Å². The Morgan fingerprint density at radius 3 is 2.50 bits per heavy atom. The number of aliphatic carboxylic acids is 1. The van der Waals surface area contributed by atoms with E-state index in [0.717, 1.165) is 31.2 Å². The van der Waals surface area contributed by atoms with E-state index in [9.17, 15) is 4.79 Å². The Hall–Kier alpha value is -1.46. The Morgan fingerprint density at radius 1 is 1.27 bits per heavy atom. The van der Waals surface area contributed by atoms with Crippen molar-refractivity contribution in [1.29, 1.82) is 0 Å². The second-order valence-electron chi connectivity index (χ2n) is 5.54. The van der Waals surface area contributed by atoms with Gasteiger partial charge in [-0.3, -0.25) is 4.79 Å². The number of halogens is 1. The molecule has 0 heterocycles. The van der Waals surface area contributed by atoms with Gasteiger partial charge in [0.25, 0.3) is 0 Å². The van der Waals surface area contributed by atoms with Crippen molar-refractivity contribution in [3.05, 3.63) is 22.7 Å². The van der Waals surface area contributed by atoms with Crippen molar-refractivity contribution in [1.82, 2.24) is 5.32 Å². The molecule has 0 amide bonds. The van der Waals surface area contributed by atoms with Crippen LogP contribution in [0.1, 0.15) is 31.2 Å². The molecule has 0 atom stereocenters. The highest BCUT2D eigenvalue weighted by molar-refractivity contribution is 6.33. The van der Waals surface area contributed by atoms with Crippen LogP contribution in [0.3, 0.4) is 0 Å². The summed E-state index contributed by atoms with van der Waals surface area (Å²) in [5, 5.41) is 13.0. The van der Waals surface area contributed by atoms with Crippen molar-refractivity contribution in [3.8, 4) is 11.5 Å². The number of carbonyl (C=O) groups is 1. The van der Waals surface area contributed by atoms with Gasteiger partial charge in [-0.1, -0.05) is 17.7 Å². The fourth-order valence-electron chi connectivity index (χ4n) is 2.87. The summed E-state index contributed by atoms with van der Waals surface area (Å²) in [6.07, 6.45) is 3.21. The average Bonchev–Trinajstić information content (AvgIpc) is 2.53. The lowest BCUT2D eigenvalue weighted by molar-refractivity contribution is -0.142. The Morgan fingerprint density at radius 2 is 1.95 bits per heavy atom. The van der Waals surface area contributed by atoms with Gasteiger partial charge in [-0.25, -0.2) is 0 Å². The van der Waals surface area contributed by atoms with Crippen LogP contribution in [0.15, 0.2) is 12.1 Å². The maximum Gasteiger partial charge on any atom is 0.306 e. The Bertz CT molecular complexity index is 527. The van der Waals surface area contributed by atoms with Crippen molar-refractivity contribution in [2.45, 2.75) is 38.3 Å². The second kappa shape index (κ2) is 7.70. The van der Waals surface area contributed by atoms with E-state index in [1.54, 1.807) is 14.2 Å². The molecule has 1 aromatic rings. The molecule has 5 nitrogen and oxygen atoms in total. The summed E-state index contributed by atoms with van der Waals surface area (Å²) in [5.74, 6) is 0.278. The molecule has 1 aromatic carbocycles. The van der Waals surface area contributed by atoms with Crippen LogP contribution in [-0.4, -0.2) is 31.3 Å². The normalized spacial score (nSPS) is 21.4. The maximum absolute atomic E-state index is 11.0. The topological polar surface area (TPSA) is 67.8 Å². The van der Waals surface area contributed by atoms with Gasteiger partial charge in [0.05, 0.1) is 25.2 Å². The Kier molecular flexibility index (Phi) is 5.91. The SMILES string of the molecule is COc1ccc(CNC2CCC(C(=O)O)CC2)c(Cl)c1OC. The first-order valence-electron chi connectivity index (χ1n) is 7.42. The highest BCUT2D eigenvalue weighted by atomic mass is 35.5. The summed E-state index contributed by atoms with van der Waals surface area (Å²) in [6.45, 7) is 0.627. The van der Waals surface area contributed by atoms with Crippen molar-refractivity contribution in [2.24, 2.45) is 5.92 Å². The zero-order valence-corrected chi connectivity index (χ0v) is 13.7. The molecule has 0 bridgehead atoms. The van der Waals surface area contributed by atoms with Gasteiger partial charge >= 0.3 is 5.97 Å². The van der Waals surface area contributed by atoms with Gasteiger partial charge in [-0.2, -0.15) is 0 Å². The standard InChI is InChI=1S/C16H22ClNO4/c1-21-13-8-5-11(14(17)15(13)22-2)9-18-12-6-3-10(4-7-12)16(19)20/h5,8,10,12,18H,3-4,6-7,9H2,1-2H3,(H,19,20). The molecular weight excluding hydrogens is 306 g/mol. The Balaban J connectivity index is 1.94. The highest BCUT2D eigenvalue weighted by Crippen LogP contribution is 2.37. The largest absolute Gasteiger partial charge is 0.493 e. The van der Waals surface area contributed by atoms with Crippen LogP contribution < -0.4 is 14.8 Å². The Labute approximate surface area is 135 Å². The molecule has 2 N–H and O–H groups in total. The van der Waals surface area contributed by atoms with Crippen molar-refractivity contribution >= 4 is 17.6 Å². The van der Waals surface area contributed by atoms with E-state index < -0.39 is 5.97 Å². The first-order valence-corrected chi connectivity index (χ1v) is 7.80. The summed E-state index contributed by atoms with van der Waals surface area (Å²) in [6, 6.07) is 4.09. The van der Waals surface area contributed by atoms with Crippen LogP contribution in [-0.2, 0) is 11.3 Å². The second-order valence-corrected chi connectivity index (χ2v) is 5.92. The molecule has 0 aromatic heterocycles. The van der Waals surface area contributed by atoms with Gasteiger partial charge in [0.1, 0.15) is 0 Å². The van der Waals surface area contributed by atoms with Gasteiger partial charge in [0.2, 0.25) is 0 Å². The highest BCUT2D eigenvalue weighted by Gasteiger charge is 2.25. The van der Waals surface area contributed by atoms with Crippen LogP contribution in [0.2, 0.25) is 5.02 Å². The minimum absolute atomic E-state index is 0.192. The molecule has 1 aliphatic rings. The first kappa shape index (κ1) is 16.9. The molecule has 22 heavy (non-hydrogen) atoms. The number of nitrogens with one attached hydrogen (secondary N) is 1. The van der Waals surface area contributed by atoms with Crippen molar-refractivity contribution < 1.29 is 19.4 Å². The van der Waals surface area contributed by atoms with E-state index in [-0.39, 0.29) is 5.92 Å². The molecule has 0 spiro atoms. The monoisotopic (exact) mass is 327 g/mol. The molecule has 1 saturated carbocycles. The van der Waals surface area contributed by atoms with Crippen LogP contribution >= 0.6 is 11.6 Å². The fraction of sp³-hybridized carbons (Fsp3) is 0.562. The molecular formula is C16H22ClNO4. The van der Waals surface area contributed by atoms with Crippen LogP contribution in [0.25, 0.3) is 0 Å². The molecule has 0 radical (unpaired) electrons. The minimum Gasteiger partial charge on any atom is -0.493 e. The number of hydrogen-bond donors (Lipinski definition) is 2. The van der Waals surface area contributed by atoms with Crippen molar-refractivity contribution in [3.63, 3.8) is 0 Å². The summed E-state index contributed by atoms with van der Waals surface area (Å²) in [5.41, 5.74) is 0.944. The molecule has 1 aliphatic carbocycles. The van der Waals surface area contributed by atoms with Crippen molar-refractivity contribution in [2.75, 3.05) is 14.2 Å². The summed E-state index contributed by atoms with van der Waals surface area (Å²) >= 11 is 6.35. The molecule has 0 unspecified atom stereocenters.